The first-order valence-corrected chi connectivity index (χ1v) is 9.92. The molecule has 7 heteroatoms. The van der Waals surface area contributed by atoms with E-state index in [0.29, 0.717) is 22.7 Å². The molecule has 3 aromatic rings. The number of amides is 3. The molecule has 31 heavy (non-hydrogen) atoms. The van der Waals surface area contributed by atoms with E-state index >= 15 is 0 Å². The molecule has 0 saturated heterocycles. The van der Waals surface area contributed by atoms with Gasteiger partial charge in [0.2, 0.25) is 5.91 Å². The van der Waals surface area contributed by atoms with Crippen LogP contribution in [-0.4, -0.2) is 29.8 Å². The maximum atomic E-state index is 13.7. The molecule has 7 nitrogen and oxygen atoms in total. The molecule has 0 aromatic heterocycles. The van der Waals surface area contributed by atoms with Crippen molar-refractivity contribution in [1.82, 2.24) is 5.32 Å². The molecule has 156 valence electrons. The largest absolute Gasteiger partial charge is 0.335 e. The molecule has 0 spiro atoms. The predicted octanol–water partition coefficient (Wildman–Crippen LogP) is 2.86. The lowest BCUT2D eigenvalue weighted by molar-refractivity contribution is -0.133. The van der Waals surface area contributed by atoms with Crippen LogP contribution in [0.25, 0.3) is 0 Å². The van der Waals surface area contributed by atoms with Crippen molar-refractivity contribution in [3.63, 3.8) is 0 Å². The van der Waals surface area contributed by atoms with E-state index in [-0.39, 0.29) is 0 Å². The van der Waals surface area contributed by atoms with Crippen molar-refractivity contribution >= 4 is 40.5 Å². The third kappa shape index (κ3) is 3.78. The molecule has 1 atom stereocenters. The van der Waals surface area contributed by atoms with Gasteiger partial charge in [0.15, 0.2) is 6.04 Å². The highest BCUT2D eigenvalue weighted by Gasteiger charge is 2.42. The first-order valence-electron chi connectivity index (χ1n) is 9.92. The second-order valence-electron chi connectivity index (χ2n) is 7.24. The van der Waals surface area contributed by atoms with Crippen LogP contribution in [0.15, 0.2) is 84.9 Å². The fraction of sp³-hybridized carbons (Fsp3) is 0.125. The Morgan fingerprint density at radius 1 is 0.774 bits per heavy atom. The van der Waals surface area contributed by atoms with Gasteiger partial charge in [-0.2, -0.15) is 0 Å². The highest BCUT2D eigenvalue weighted by molar-refractivity contribution is 6.25. The van der Waals surface area contributed by atoms with Gasteiger partial charge in [-0.15, -0.1) is 0 Å². The lowest BCUT2D eigenvalue weighted by Crippen LogP contribution is -2.56. The van der Waals surface area contributed by atoms with Gasteiger partial charge in [0.05, 0.1) is 17.4 Å². The summed E-state index contributed by atoms with van der Waals surface area (Å²) in [6, 6.07) is 22.9. The van der Waals surface area contributed by atoms with Gasteiger partial charge >= 0.3 is 0 Å². The average Bonchev–Trinajstić information content (AvgIpc) is 2.88. The summed E-state index contributed by atoms with van der Waals surface area (Å²) < 4.78 is 0. The second kappa shape index (κ2) is 8.41. The van der Waals surface area contributed by atoms with E-state index in [1.54, 1.807) is 48.5 Å². The molecule has 0 unspecified atom stereocenters. The number of hydrogen-bond acceptors (Lipinski definition) is 4. The maximum Gasteiger partial charge on any atom is 0.264 e. The number of carbonyl (C=O) groups excluding carboxylic acids is 3. The fourth-order valence-corrected chi connectivity index (χ4v) is 3.53. The molecule has 1 aliphatic heterocycles. The Labute approximate surface area is 180 Å². The molecule has 0 saturated carbocycles. The summed E-state index contributed by atoms with van der Waals surface area (Å²) in [6.45, 7) is 1.50. The van der Waals surface area contributed by atoms with Gasteiger partial charge in [-0.25, -0.2) is 0 Å². The highest BCUT2D eigenvalue weighted by atomic mass is 16.2. The van der Waals surface area contributed by atoms with Gasteiger partial charge in [0.25, 0.3) is 11.8 Å². The number of benzene rings is 3. The van der Waals surface area contributed by atoms with Crippen LogP contribution < -0.4 is 20.9 Å². The van der Waals surface area contributed by atoms with Crippen molar-refractivity contribution in [2.45, 2.75) is 19.0 Å². The third-order valence-corrected chi connectivity index (χ3v) is 5.03. The minimum absolute atomic E-state index is 0.536. The number of carbonyl (C=O) groups is 3. The van der Waals surface area contributed by atoms with Crippen LogP contribution in [0.1, 0.15) is 6.92 Å². The van der Waals surface area contributed by atoms with Crippen LogP contribution in [0.2, 0.25) is 0 Å². The van der Waals surface area contributed by atoms with Gasteiger partial charge in [-0.05, 0) is 43.3 Å². The van der Waals surface area contributed by atoms with E-state index < -0.39 is 29.8 Å². The van der Waals surface area contributed by atoms with E-state index in [0.717, 1.165) is 0 Å². The number of anilines is 4. The van der Waals surface area contributed by atoms with E-state index in [1.165, 1.54) is 16.7 Å². The molecule has 1 heterocycles. The Balaban J connectivity index is 1.94. The Morgan fingerprint density at radius 3 is 1.55 bits per heavy atom. The van der Waals surface area contributed by atoms with Crippen LogP contribution >= 0.6 is 0 Å². The molecular formula is C24H22N4O3. The molecule has 1 aliphatic rings. The topological polar surface area (TPSA) is 95.7 Å². The lowest BCUT2D eigenvalue weighted by Gasteiger charge is -2.25. The number of fused-ring (bicyclic) bond motifs is 1. The van der Waals surface area contributed by atoms with Gasteiger partial charge in [0, 0.05) is 11.4 Å². The van der Waals surface area contributed by atoms with Gasteiger partial charge < -0.3 is 11.1 Å². The first-order chi connectivity index (χ1) is 15.0. The highest BCUT2D eigenvalue weighted by Crippen LogP contribution is 2.41. The predicted molar refractivity (Wildman–Crippen MR) is 119 cm³/mol. The number of nitrogens with zero attached hydrogens (tertiary/aromatic N) is 2. The summed E-state index contributed by atoms with van der Waals surface area (Å²) in [5, 5.41) is 2.55. The van der Waals surface area contributed by atoms with Gasteiger partial charge in [-0.3, -0.25) is 24.2 Å². The average molecular weight is 414 g/mol. The van der Waals surface area contributed by atoms with Crippen LogP contribution in [0.5, 0.6) is 0 Å². The zero-order valence-electron chi connectivity index (χ0n) is 16.9. The summed E-state index contributed by atoms with van der Waals surface area (Å²) in [5.74, 6) is -1.70. The Morgan fingerprint density at radius 2 is 1.16 bits per heavy atom. The minimum atomic E-state index is -1.44. The number of nitrogens with one attached hydrogen (secondary N) is 1. The Hall–Kier alpha value is -3.97. The zero-order valence-corrected chi connectivity index (χ0v) is 16.9. The molecule has 0 bridgehead atoms. The van der Waals surface area contributed by atoms with E-state index in [1.807, 2.05) is 36.4 Å². The minimum Gasteiger partial charge on any atom is -0.335 e. The molecular weight excluding hydrogens is 392 g/mol. The summed E-state index contributed by atoms with van der Waals surface area (Å²) in [4.78, 5) is 42.7. The van der Waals surface area contributed by atoms with Crippen molar-refractivity contribution in [1.29, 1.82) is 0 Å². The van der Waals surface area contributed by atoms with Crippen molar-refractivity contribution in [2.75, 3.05) is 9.80 Å². The van der Waals surface area contributed by atoms with Crippen molar-refractivity contribution < 1.29 is 14.4 Å². The summed E-state index contributed by atoms with van der Waals surface area (Å²) >= 11 is 0. The molecule has 4 rings (SSSR count). The second-order valence-corrected chi connectivity index (χ2v) is 7.24. The Bertz CT molecular complexity index is 1040. The molecule has 3 N–H and O–H groups in total. The molecule has 3 aromatic carbocycles. The molecule has 0 radical (unpaired) electrons. The van der Waals surface area contributed by atoms with E-state index in [2.05, 4.69) is 5.32 Å². The number of rotatable bonds is 4. The van der Waals surface area contributed by atoms with Crippen molar-refractivity contribution in [3.05, 3.63) is 84.9 Å². The van der Waals surface area contributed by atoms with Crippen LogP contribution in [0.3, 0.4) is 0 Å². The summed E-state index contributed by atoms with van der Waals surface area (Å²) in [6.07, 6.45) is 0. The SMILES string of the molecule is C[C@H](N)C(=O)NC1C(=O)N(c2ccccc2)c2ccccc2N(c2ccccc2)C1=O. The molecule has 0 fully saturated rings. The van der Waals surface area contributed by atoms with Crippen molar-refractivity contribution in [3.8, 4) is 0 Å². The number of para-hydroxylation sites is 4. The summed E-state index contributed by atoms with van der Waals surface area (Å²) in [5.41, 5.74) is 7.94. The molecule has 0 aliphatic carbocycles. The molecule has 3 amide bonds. The van der Waals surface area contributed by atoms with Gasteiger partial charge in [0.1, 0.15) is 0 Å². The number of nitrogens with two attached hydrogens (primary N) is 1. The zero-order chi connectivity index (χ0) is 22.0. The normalized spacial score (nSPS) is 15.3. The number of hydrogen-bond donors (Lipinski definition) is 2. The van der Waals surface area contributed by atoms with E-state index in [4.69, 9.17) is 5.73 Å². The quantitative estimate of drug-likeness (QED) is 0.642. The fourth-order valence-electron chi connectivity index (χ4n) is 3.53. The Kier molecular flexibility index (Phi) is 5.51. The maximum absolute atomic E-state index is 13.7. The summed E-state index contributed by atoms with van der Waals surface area (Å²) in [7, 11) is 0. The first kappa shape index (κ1) is 20.3. The van der Waals surface area contributed by atoms with Crippen LogP contribution in [-0.2, 0) is 14.4 Å². The van der Waals surface area contributed by atoms with Crippen LogP contribution in [0, 0.1) is 0 Å². The third-order valence-electron chi connectivity index (χ3n) is 5.03. The van der Waals surface area contributed by atoms with Crippen molar-refractivity contribution in [2.24, 2.45) is 5.73 Å². The van der Waals surface area contributed by atoms with Crippen LogP contribution in [0.4, 0.5) is 22.7 Å². The van der Waals surface area contributed by atoms with E-state index in [9.17, 15) is 14.4 Å². The smallest absolute Gasteiger partial charge is 0.264 e. The monoisotopic (exact) mass is 414 g/mol. The lowest BCUT2D eigenvalue weighted by atomic mass is 10.1. The van der Waals surface area contributed by atoms with Gasteiger partial charge in [-0.1, -0.05) is 48.5 Å². The standard InChI is InChI=1S/C24H22N4O3/c1-16(25)22(29)26-21-23(30)27(17-10-4-2-5-11-17)19-14-8-9-15-20(19)28(24(21)31)18-12-6-3-7-13-18/h2-16,21H,25H2,1H3,(H,26,29)/t16-/m0/s1.